The summed E-state index contributed by atoms with van der Waals surface area (Å²) < 4.78 is 5.25. The standard InChI is InChI=1S/C27H34N2O3/c1-19-16-24(19)25(30)29-15-5-14-27(18-29,26(31)28(2)3)17-20-6-8-21(9-7-20)22-10-12-23(32-4)13-11-22/h6-13,19,24H,5,14-18H2,1-4H3/t19-,24+,27+/m0/s1. The number of hydrogen-bond donors (Lipinski definition) is 0. The van der Waals surface area contributed by atoms with Gasteiger partial charge in [0.2, 0.25) is 11.8 Å². The van der Waals surface area contributed by atoms with Gasteiger partial charge in [0.25, 0.3) is 0 Å². The Morgan fingerprint density at radius 2 is 1.66 bits per heavy atom. The summed E-state index contributed by atoms with van der Waals surface area (Å²) in [6, 6.07) is 16.5. The average Bonchev–Trinajstić information content (AvgIpc) is 3.55. The lowest BCUT2D eigenvalue weighted by Gasteiger charge is -2.43. The maximum Gasteiger partial charge on any atom is 0.230 e. The van der Waals surface area contributed by atoms with Crippen LogP contribution in [-0.4, -0.2) is 55.9 Å². The third-order valence-electron chi connectivity index (χ3n) is 7.09. The third-order valence-corrected chi connectivity index (χ3v) is 7.09. The molecule has 5 nitrogen and oxygen atoms in total. The molecule has 32 heavy (non-hydrogen) atoms. The molecule has 3 atom stereocenters. The molecule has 0 N–H and O–H groups in total. The Balaban J connectivity index is 1.54. The van der Waals surface area contributed by atoms with E-state index in [4.69, 9.17) is 4.74 Å². The molecule has 170 valence electrons. The van der Waals surface area contributed by atoms with Gasteiger partial charge in [-0.25, -0.2) is 0 Å². The Morgan fingerprint density at radius 1 is 1.06 bits per heavy atom. The molecule has 5 heteroatoms. The van der Waals surface area contributed by atoms with E-state index in [0.29, 0.717) is 18.9 Å². The summed E-state index contributed by atoms with van der Waals surface area (Å²) in [5.41, 5.74) is 2.83. The van der Waals surface area contributed by atoms with Crippen LogP contribution in [0.5, 0.6) is 5.75 Å². The van der Waals surface area contributed by atoms with Gasteiger partial charge in [-0.3, -0.25) is 9.59 Å². The summed E-state index contributed by atoms with van der Waals surface area (Å²) in [5, 5.41) is 0. The monoisotopic (exact) mass is 434 g/mol. The van der Waals surface area contributed by atoms with Gasteiger partial charge in [0.05, 0.1) is 12.5 Å². The van der Waals surface area contributed by atoms with Crippen molar-refractivity contribution in [2.45, 2.75) is 32.6 Å². The molecule has 0 unspecified atom stereocenters. The summed E-state index contributed by atoms with van der Waals surface area (Å²) in [6.07, 6.45) is 3.32. The minimum absolute atomic E-state index is 0.123. The van der Waals surface area contributed by atoms with Gasteiger partial charge in [0.1, 0.15) is 5.75 Å². The fraction of sp³-hybridized carbons (Fsp3) is 0.481. The van der Waals surface area contributed by atoms with Crippen LogP contribution < -0.4 is 4.74 Å². The Bertz CT molecular complexity index is 967. The first-order valence-corrected chi connectivity index (χ1v) is 11.6. The average molecular weight is 435 g/mol. The van der Waals surface area contributed by atoms with E-state index in [0.717, 1.165) is 48.2 Å². The molecule has 4 rings (SSSR count). The molecule has 2 aromatic rings. The summed E-state index contributed by atoms with van der Waals surface area (Å²) >= 11 is 0. The summed E-state index contributed by atoms with van der Waals surface area (Å²) in [4.78, 5) is 30.0. The molecule has 1 aliphatic heterocycles. The van der Waals surface area contributed by atoms with E-state index < -0.39 is 5.41 Å². The van der Waals surface area contributed by atoms with Gasteiger partial charge in [-0.05, 0) is 60.4 Å². The quantitative estimate of drug-likeness (QED) is 0.683. The maximum atomic E-state index is 13.4. The topological polar surface area (TPSA) is 49.9 Å². The molecule has 2 aromatic carbocycles. The van der Waals surface area contributed by atoms with E-state index in [2.05, 4.69) is 31.2 Å². The Morgan fingerprint density at radius 3 is 2.19 bits per heavy atom. The Hall–Kier alpha value is -2.82. The fourth-order valence-corrected chi connectivity index (χ4v) is 5.08. The lowest BCUT2D eigenvalue weighted by atomic mass is 9.73. The SMILES string of the molecule is COc1ccc(-c2ccc(C[C@]3(C(=O)N(C)C)CCCN(C(=O)[C@@H]4C[C@@H]4C)C3)cc2)cc1. The van der Waals surface area contributed by atoms with Crippen LogP contribution in [0.2, 0.25) is 0 Å². The van der Waals surface area contributed by atoms with E-state index in [1.807, 2.05) is 43.3 Å². The van der Waals surface area contributed by atoms with Crippen molar-refractivity contribution in [2.75, 3.05) is 34.3 Å². The number of methoxy groups -OCH3 is 1. The molecule has 1 aliphatic carbocycles. The molecule has 1 heterocycles. The normalized spacial score (nSPS) is 24.7. The second-order valence-electron chi connectivity index (χ2n) is 9.76. The summed E-state index contributed by atoms with van der Waals surface area (Å²) in [6.45, 7) is 3.42. The number of benzene rings is 2. The minimum Gasteiger partial charge on any atom is -0.497 e. The third kappa shape index (κ3) is 4.52. The van der Waals surface area contributed by atoms with Crippen molar-refractivity contribution in [3.63, 3.8) is 0 Å². The van der Waals surface area contributed by atoms with Gasteiger partial charge in [0, 0.05) is 33.1 Å². The van der Waals surface area contributed by atoms with E-state index >= 15 is 0 Å². The zero-order valence-electron chi connectivity index (χ0n) is 19.6. The highest BCUT2D eigenvalue weighted by Crippen LogP contribution is 2.42. The van der Waals surface area contributed by atoms with Crippen LogP contribution >= 0.6 is 0 Å². The van der Waals surface area contributed by atoms with Gasteiger partial charge in [-0.1, -0.05) is 43.3 Å². The van der Waals surface area contributed by atoms with Crippen LogP contribution in [0, 0.1) is 17.3 Å². The number of nitrogens with zero attached hydrogens (tertiary/aromatic N) is 2. The predicted octanol–water partition coefficient (Wildman–Crippen LogP) is 4.26. The highest BCUT2D eigenvalue weighted by molar-refractivity contribution is 5.86. The molecule has 2 aliphatic rings. The van der Waals surface area contributed by atoms with E-state index in [1.54, 1.807) is 12.0 Å². The molecular weight excluding hydrogens is 400 g/mol. The molecule has 2 fully saturated rings. The number of piperidine rings is 1. The number of carbonyl (C=O) groups excluding carboxylic acids is 2. The van der Waals surface area contributed by atoms with E-state index in [9.17, 15) is 9.59 Å². The second kappa shape index (κ2) is 8.97. The molecule has 2 amide bonds. The largest absolute Gasteiger partial charge is 0.497 e. The molecular formula is C27H34N2O3. The second-order valence-corrected chi connectivity index (χ2v) is 9.76. The van der Waals surface area contributed by atoms with Gasteiger partial charge >= 0.3 is 0 Å². The molecule has 0 aromatic heterocycles. The fourth-order valence-electron chi connectivity index (χ4n) is 5.08. The van der Waals surface area contributed by atoms with Crippen LogP contribution in [-0.2, 0) is 16.0 Å². The van der Waals surface area contributed by atoms with Gasteiger partial charge in [0.15, 0.2) is 0 Å². The molecule has 1 saturated heterocycles. The summed E-state index contributed by atoms with van der Waals surface area (Å²) in [5.74, 6) is 1.84. The van der Waals surface area contributed by atoms with Crippen LogP contribution in [0.1, 0.15) is 31.7 Å². The Kier molecular flexibility index (Phi) is 6.27. The van der Waals surface area contributed by atoms with Crippen LogP contribution in [0.4, 0.5) is 0 Å². The minimum atomic E-state index is -0.558. The van der Waals surface area contributed by atoms with Crippen molar-refractivity contribution in [1.29, 1.82) is 0 Å². The highest BCUT2D eigenvalue weighted by atomic mass is 16.5. The lowest BCUT2D eigenvalue weighted by molar-refractivity contribution is -0.147. The number of carbonyl (C=O) groups is 2. The van der Waals surface area contributed by atoms with Gasteiger partial charge in [-0.2, -0.15) is 0 Å². The number of hydrogen-bond acceptors (Lipinski definition) is 3. The van der Waals surface area contributed by atoms with Gasteiger partial charge < -0.3 is 14.5 Å². The van der Waals surface area contributed by atoms with Gasteiger partial charge in [-0.15, -0.1) is 0 Å². The van der Waals surface area contributed by atoms with Crippen LogP contribution in [0.3, 0.4) is 0 Å². The zero-order chi connectivity index (χ0) is 22.9. The van der Waals surface area contributed by atoms with Crippen molar-refractivity contribution >= 4 is 11.8 Å². The van der Waals surface area contributed by atoms with Crippen LogP contribution in [0.25, 0.3) is 11.1 Å². The summed E-state index contributed by atoms with van der Waals surface area (Å²) in [7, 11) is 5.31. The van der Waals surface area contributed by atoms with E-state index in [1.165, 1.54) is 0 Å². The number of likely N-dealkylation sites (tertiary alicyclic amines) is 1. The van der Waals surface area contributed by atoms with Crippen molar-refractivity contribution in [3.05, 3.63) is 54.1 Å². The lowest BCUT2D eigenvalue weighted by Crippen LogP contribution is -2.54. The number of amides is 2. The van der Waals surface area contributed by atoms with E-state index in [-0.39, 0.29) is 17.7 Å². The molecule has 1 saturated carbocycles. The first-order valence-electron chi connectivity index (χ1n) is 11.6. The molecule has 0 radical (unpaired) electrons. The van der Waals surface area contributed by atoms with Crippen molar-refractivity contribution in [2.24, 2.45) is 17.3 Å². The molecule has 0 bridgehead atoms. The Labute approximate surface area is 191 Å². The smallest absolute Gasteiger partial charge is 0.230 e. The maximum absolute atomic E-state index is 13.4. The first-order chi connectivity index (χ1) is 15.3. The predicted molar refractivity (Wildman–Crippen MR) is 126 cm³/mol. The van der Waals surface area contributed by atoms with Crippen molar-refractivity contribution < 1.29 is 14.3 Å². The number of rotatable bonds is 6. The van der Waals surface area contributed by atoms with Crippen LogP contribution in [0.15, 0.2) is 48.5 Å². The zero-order valence-corrected chi connectivity index (χ0v) is 19.6. The number of ether oxygens (including phenoxy) is 1. The van der Waals surface area contributed by atoms with Crippen molar-refractivity contribution in [1.82, 2.24) is 9.80 Å². The first kappa shape index (κ1) is 22.4. The highest BCUT2D eigenvalue weighted by Gasteiger charge is 2.48. The molecule has 0 spiro atoms. The van der Waals surface area contributed by atoms with Crippen molar-refractivity contribution in [3.8, 4) is 16.9 Å².